The number of nitriles is 1. The summed E-state index contributed by atoms with van der Waals surface area (Å²) in [5.41, 5.74) is 8.18. The molecule has 1 fully saturated rings. The number of primary amides is 1. The Balaban J connectivity index is 1.62. The summed E-state index contributed by atoms with van der Waals surface area (Å²) in [6, 6.07) is 17.5. The summed E-state index contributed by atoms with van der Waals surface area (Å²) in [6.45, 7) is 2.25. The lowest BCUT2D eigenvalue weighted by atomic mass is 9.98. The molecule has 3 aromatic carbocycles. The van der Waals surface area contributed by atoms with Crippen LogP contribution in [0.2, 0.25) is 10.0 Å². The topological polar surface area (TPSA) is 96.4 Å². The number of carbonyl (C=O) groups excluding carboxylic acids is 2. The fourth-order valence-corrected chi connectivity index (χ4v) is 4.22. The Bertz CT molecular complexity index is 1320. The molecule has 0 bridgehead atoms. The van der Waals surface area contributed by atoms with Crippen LogP contribution in [0.1, 0.15) is 39.4 Å². The van der Waals surface area contributed by atoms with Crippen LogP contribution in [-0.2, 0) is 4.79 Å². The molecule has 0 spiro atoms. The number of hydrogen-bond donors (Lipinski definition) is 1. The summed E-state index contributed by atoms with van der Waals surface area (Å²) in [5, 5.41) is 10.2. The molecule has 0 unspecified atom stereocenters. The van der Waals surface area contributed by atoms with Gasteiger partial charge in [0.15, 0.2) is 0 Å². The second-order valence-corrected chi connectivity index (χ2v) is 8.61. The molecule has 0 radical (unpaired) electrons. The number of halogens is 2. The molecule has 1 aliphatic heterocycles. The van der Waals surface area contributed by atoms with Crippen molar-refractivity contribution in [2.75, 3.05) is 11.4 Å². The SMILES string of the molecule is Cc1ccc(Cl)c(C#N)c1Oc1cc([C@H]2CC(=O)N(c3cccc(C(N)=O)c3)C2)ccc1Cl. The number of aryl methyl sites for hydroxylation is 1. The zero-order valence-electron chi connectivity index (χ0n) is 17.6. The summed E-state index contributed by atoms with van der Waals surface area (Å²) in [5.74, 6) is 0.00317. The van der Waals surface area contributed by atoms with Gasteiger partial charge in [0.1, 0.15) is 23.1 Å². The maximum Gasteiger partial charge on any atom is 0.248 e. The molecule has 1 atom stereocenters. The summed E-state index contributed by atoms with van der Waals surface area (Å²) < 4.78 is 6.03. The van der Waals surface area contributed by atoms with E-state index in [1.165, 1.54) is 0 Å². The lowest BCUT2D eigenvalue weighted by Crippen LogP contribution is -2.24. The van der Waals surface area contributed by atoms with Gasteiger partial charge in [0.25, 0.3) is 0 Å². The van der Waals surface area contributed by atoms with E-state index >= 15 is 0 Å². The van der Waals surface area contributed by atoms with E-state index in [9.17, 15) is 14.9 Å². The average Bonchev–Trinajstić information content (AvgIpc) is 3.19. The molecule has 8 heteroatoms. The van der Waals surface area contributed by atoms with Crippen molar-refractivity contribution in [1.82, 2.24) is 0 Å². The maximum atomic E-state index is 12.7. The molecule has 0 saturated carbocycles. The molecule has 33 heavy (non-hydrogen) atoms. The van der Waals surface area contributed by atoms with Crippen molar-refractivity contribution >= 4 is 40.7 Å². The van der Waals surface area contributed by atoms with Gasteiger partial charge in [-0.15, -0.1) is 0 Å². The van der Waals surface area contributed by atoms with Crippen molar-refractivity contribution in [2.45, 2.75) is 19.3 Å². The Hall–Kier alpha value is -3.53. The van der Waals surface area contributed by atoms with Gasteiger partial charge in [0.2, 0.25) is 11.8 Å². The lowest BCUT2D eigenvalue weighted by Gasteiger charge is -2.18. The van der Waals surface area contributed by atoms with Gasteiger partial charge in [-0.3, -0.25) is 9.59 Å². The molecule has 6 nitrogen and oxygen atoms in total. The van der Waals surface area contributed by atoms with Crippen molar-refractivity contribution < 1.29 is 14.3 Å². The van der Waals surface area contributed by atoms with Crippen LogP contribution >= 0.6 is 23.2 Å². The van der Waals surface area contributed by atoms with Crippen molar-refractivity contribution in [3.05, 3.63) is 86.9 Å². The van der Waals surface area contributed by atoms with E-state index in [-0.39, 0.29) is 17.4 Å². The zero-order valence-corrected chi connectivity index (χ0v) is 19.2. The molecule has 1 aliphatic rings. The van der Waals surface area contributed by atoms with E-state index in [2.05, 4.69) is 6.07 Å². The summed E-state index contributed by atoms with van der Waals surface area (Å²) >= 11 is 12.5. The first-order valence-electron chi connectivity index (χ1n) is 10.1. The van der Waals surface area contributed by atoms with Crippen LogP contribution in [0.5, 0.6) is 11.5 Å². The first-order chi connectivity index (χ1) is 15.8. The van der Waals surface area contributed by atoms with Gasteiger partial charge in [-0.05, 0) is 54.4 Å². The van der Waals surface area contributed by atoms with Crippen LogP contribution in [0.4, 0.5) is 5.69 Å². The van der Waals surface area contributed by atoms with Crippen LogP contribution in [0.25, 0.3) is 0 Å². The second kappa shape index (κ2) is 9.14. The molecule has 4 rings (SSSR count). The van der Waals surface area contributed by atoms with Gasteiger partial charge in [0.05, 0.1) is 10.0 Å². The highest BCUT2D eigenvalue weighted by atomic mass is 35.5. The molecule has 166 valence electrons. The normalized spacial score (nSPS) is 15.4. The number of rotatable bonds is 5. The predicted octanol–water partition coefficient (Wildman–Crippen LogP) is 5.59. The Labute approximate surface area is 201 Å². The molecule has 2 N–H and O–H groups in total. The lowest BCUT2D eigenvalue weighted by molar-refractivity contribution is -0.117. The molecule has 0 aliphatic carbocycles. The Kier molecular flexibility index (Phi) is 6.28. The van der Waals surface area contributed by atoms with Crippen LogP contribution in [0.3, 0.4) is 0 Å². The van der Waals surface area contributed by atoms with E-state index in [1.54, 1.807) is 53.4 Å². The zero-order chi connectivity index (χ0) is 23.7. The minimum absolute atomic E-state index is 0.0588. The number of nitrogens with two attached hydrogens (primary N) is 1. The van der Waals surface area contributed by atoms with E-state index in [0.717, 1.165) is 11.1 Å². The highest BCUT2D eigenvalue weighted by Gasteiger charge is 2.32. The van der Waals surface area contributed by atoms with Crippen LogP contribution < -0.4 is 15.4 Å². The fraction of sp³-hybridized carbons (Fsp3) is 0.160. The van der Waals surface area contributed by atoms with Crippen molar-refractivity contribution in [3.8, 4) is 17.6 Å². The Morgan fingerprint density at radius 2 is 1.91 bits per heavy atom. The van der Waals surface area contributed by atoms with Crippen LogP contribution in [0, 0.1) is 18.3 Å². The predicted molar refractivity (Wildman–Crippen MR) is 127 cm³/mol. The fourth-order valence-electron chi connectivity index (χ4n) is 3.87. The minimum atomic E-state index is -0.549. The van der Waals surface area contributed by atoms with Crippen molar-refractivity contribution in [1.29, 1.82) is 5.26 Å². The molecular weight excluding hydrogens is 461 g/mol. The van der Waals surface area contributed by atoms with Gasteiger partial charge in [0, 0.05) is 30.1 Å². The average molecular weight is 480 g/mol. The highest BCUT2D eigenvalue weighted by Crippen LogP contribution is 2.39. The van der Waals surface area contributed by atoms with Crippen molar-refractivity contribution in [2.24, 2.45) is 5.73 Å². The number of nitrogens with zero attached hydrogens (tertiary/aromatic N) is 2. The smallest absolute Gasteiger partial charge is 0.248 e. The van der Waals surface area contributed by atoms with E-state index in [0.29, 0.717) is 45.8 Å². The third-order valence-corrected chi connectivity index (χ3v) is 6.25. The van der Waals surface area contributed by atoms with Gasteiger partial charge >= 0.3 is 0 Å². The van der Waals surface area contributed by atoms with Gasteiger partial charge in [-0.25, -0.2) is 0 Å². The number of carbonyl (C=O) groups is 2. The third-order valence-electron chi connectivity index (χ3n) is 5.62. The number of hydrogen-bond acceptors (Lipinski definition) is 4. The highest BCUT2D eigenvalue weighted by molar-refractivity contribution is 6.32. The van der Waals surface area contributed by atoms with E-state index < -0.39 is 5.91 Å². The first kappa shape index (κ1) is 22.7. The quantitative estimate of drug-likeness (QED) is 0.515. The van der Waals surface area contributed by atoms with Gasteiger partial charge < -0.3 is 15.4 Å². The van der Waals surface area contributed by atoms with Crippen molar-refractivity contribution in [3.63, 3.8) is 0 Å². The van der Waals surface area contributed by atoms with E-state index in [1.807, 2.05) is 13.0 Å². The molecule has 3 aromatic rings. The second-order valence-electron chi connectivity index (χ2n) is 7.79. The monoisotopic (exact) mass is 479 g/mol. The molecular formula is C25H19Cl2N3O3. The first-order valence-corrected chi connectivity index (χ1v) is 10.9. The maximum absolute atomic E-state index is 12.7. The van der Waals surface area contributed by atoms with Gasteiger partial charge in [-0.1, -0.05) is 41.4 Å². The molecule has 1 saturated heterocycles. The van der Waals surface area contributed by atoms with E-state index in [4.69, 9.17) is 33.7 Å². The number of amides is 2. The Morgan fingerprint density at radius 3 is 2.64 bits per heavy atom. The summed E-state index contributed by atoms with van der Waals surface area (Å²) in [6.07, 6.45) is 0.293. The number of benzene rings is 3. The summed E-state index contributed by atoms with van der Waals surface area (Å²) in [4.78, 5) is 25.9. The molecule has 2 amide bonds. The van der Waals surface area contributed by atoms with Crippen LogP contribution in [-0.4, -0.2) is 18.4 Å². The third kappa shape index (κ3) is 4.51. The standard InChI is InChI=1S/C25H19Cl2N3O3/c1-14-5-7-20(26)19(12-28)24(14)33-22-10-15(6-8-21(22)27)17-11-23(31)30(13-17)18-4-2-3-16(9-18)25(29)32/h2-10,17H,11,13H2,1H3,(H2,29,32)/t17-/m0/s1. The largest absolute Gasteiger partial charge is 0.454 e. The Morgan fingerprint density at radius 1 is 1.15 bits per heavy atom. The number of anilines is 1. The molecule has 0 aromatic heterocycles. The number of ether oxygens (including phenoxy) is 1. The van der Waals surface area contributed by atoms with Crippen LogP contribution in [0.15, 0.2) is 54.6 Å². The minimum Gasteiger partial charge on any atom is -0.454 e. The summed E-state index contributed by atoms with van der Waals surface area (Å²) in [7, 11) is 0. The van der Waals surface area contributed by atoms with Gasteiger partial charge in [-0.2, -0.15) is 5.26 Å². The molecule has 1 heterocycles.